The molecule has 3 rings (SSSR count). The van der Waals surface area contributed by atoms with Gasteiger partial charge in [-0.2, -0.15) is 6.07 Å². The molecule has 1 heteroatoms. The summed E-state index contributed by atoms with van der Waals surface area (Å²) in [6.45, 7) is 4.41. The van der Waals surface area contributed by atoms with Crippen molar-refractivity contribution in [2.45, 2.75) is 33.1 Å². The molecule has 0 unspecified atom stereocenters. The maximum Gasteiger partial charge on any atom is 3.00 e. The second-order valence-electron chi connectivity index (χ2n) is 5.64. The zero-order valence-corrected chi connectivity index (χ0v) is 17.3. The Morgan fingerprint density at radius 1 is 0.957 bits per heavy atom. The Labute approximate surface area is 161 Å². The van der Waals surface area contributed by atoms with Crippen molar-refractivity contribution in [2.24, 2.45) is 0 Å². The maximum absolute atomic E-state index is 2.29. The molecular weight excluding hydrogens is 355 g/mol. The van der Waals surface area contributed by atoms with Crippen LogP contribution in [0.15, 0.2) is 54.6 Å². The van der Waals surface area contributed by atoms with Gasteiger partial charge in [0.15, 0.2) is 0 Å². The van der Waals surface area contributed by atoms with Gasteiger partial charge in [0.05, 0.1) is 0 Å². The molecule has 0 aliphatic carbocycles. The van der Waals surface area contributed by atoms with Gasteiger partial charge in [-0.3, -0.25) is 0 Å². The van der Waals surface area contributed by atoms with E-state index in [1.807, 2.05) is 0 Å². The number of aryl methyl sites for hydroxylation is 2. The quantitative estimate of drug-likeness (QED) is 0.436. The first-order valence-corrected chi connectivity index (χ1v) is 7.53. The fourth-order valence-electron chi connectivity index (χ4n) is 2.87. The van der Waals surface area contributed by atoms with E-state index in [0.29, 0.717) is 0 Å². The van der Waals surface area contributed by atoms with Gasteiger partial charge in [-0.25, -0.2) is 0 Å². The van der Waals surface area contributed by atoms with Gasteiger partial charge in [0.25, 0.3) is 0 Å². The topological polar surface area (TPSA) is 0 Å². The molecule has 0 atom stereocenters. The van der Waals surface area contributed by atoms with Gasteiger partial charge in [0, 0.05) is 0 Å². The smallest absolute Gasteiger partial charge is 0.358 e. The molecule has 0 aromatic heterocycles. The first-order chi connectivity index (χ1) is 9.78. The van der Waals surface area contributed by atoms with Crippen LogP contribution >= 0.6 is 0 Å². The molecule has 0 nitrogen and oxygen atoms in total. The molecule has 119 valence electrons. The number of hydrogen-bond acceptors (Lipinski definition) is 0. The van der Waals surface area contributed by atoms with Crippen molar-refractivity contribution in [1.82, 2.24) is 0 Å². The summed E-state index contributed by atoms with van der Waals surface area (Å²) in [5, 5.41) is 2.71. The van der Waals surface area contributed by atoms with Crippen molar-refractivity contribution < 1.29 is 26.2 Å². The zero-order chi connectivity index (χ0) is 13.9. The molecule has 0 aliphatic rings. The molecule has 0 heterocycles. The van der Waals surface area contributed by atoms with Crippen LogP contribution in [-0.2, 0) is 32.6 Å². The predicted octanol–water partition coefficient (Wildman–Crippen LogP) is 6.77. The summed E-state index contributed by atoms with van der Waals surface area (Å²) in [5.41, 5.74) is 5.45. The number of rotatable bonds is 4. The maximum atomic E-state index is 2.29. The molecule has 0 amide bonds. The van der Waals surface area contributed by atoms with E-state index in [4.69, 9.17) is 0 Å². The van der Waals surface area contributed by atoms with Crippen molar-refractivity contribution in [3.8, 4) is 11.1 Å². The predicted molar refractivity (Wildman–Crippen MR) is 101 cm³/mol. The van der Waals surface area contributed by atoms with Crippen LogP contribution in [0.3, 0.4) is 0 Å². The molecule has 0 spiro atoms. The summed E-state index contributed by atoms with van der Waals surface area (Å²) in [7, 11) is 0. The molecule has 23 heavy (non-hydrogen) atoms. The van der Waals surface area contributed by atoms with Crippen LogP contribution in [-0.4, -0.2) is 0 Å². The standard InChI is InChI=1S/C20H21.2CH3.Zr/c1-3-4-6-16-9-11-17(12-10-16)19-8-5-7-18-13-15(2)14-20(18)19;;;/h5,7-14H,3-4,6H2,1-2H3;2*1H3;/q3*-1;+3. The fraction of sp³-hybridized carbons (Fsp3) is 0.227. The van der Waals surface area contributed by atoms with E-state index in [2.05, 4.69) is 68.4 Å². The van der Waals surface area contributed by atoms with Gasteiger partial charge in [0.2, 0.25) is 0 Å². The van der Waals surface area contributed by atoms with E-state index in [9.17, 15) is 0 Å². The Bertz CT molecular complexity index is 704. The minimum absolute atomic E-state index is 0. The molecule has 3 aromatic rings. The molecule has 0 aliphatic heterocycles. The Morgan fingerprint density at radius 2 is 1.65 bits per heavy atom. The van der Waals surface area contributed by atoms with Gasteiger partial charge in [-0.1, -0.05) is 56.2 Å². The summed E-state index contributed by atoms with van der Waals surface area (Å²) in [6, 6.07) is 20.2. The van der Waals surface area contributed by atoms with E-state index >= 15 is 0 Å². The molecule has 0 N–H and O–H groups in total. The second-order valence-corrected chi connectivity index (χ2v) is 5.64. The van der Waals surface area contributed by atoms with Crippen LogP contribution in [0.5, 0.6) is 0 Å². The summed E-state index contributed by atoms with van der Waals surface area (Å²) < 4.78 is 0. The molecular formula is C22H27Zr. The molecule has 1 radical (unpaired) electrons. The van der Waals surface area contributed by atoms with E-state index in [0.717, 1.165) is 0 Å². The normalized spacial score (nSPS) is 9.65. The molecule has 3 aromatic carbocycles. The summed E-state index contributed by atoms with van der Waals surface area (Å²) in [6.07, 6.45) is 3.72. The Hall–Kier alpha value is -1.07. The van der Waals surface area contributed by atoms with Crippen molar-refractivity contribution in [3.63, 3.8) is 0 Å². The van der Waals surface area contributed by atoms with Gasteiger partial charge < -0.3 is 14.9 Å². The van der Waals surface area contributed by atoms with Crippen LogP contribution in [0.4, 0.5) is 0 Å². The number of hydrogen-bond donors (Lipinski definition) is 0. The van der Waals surface area contributed by atoms with Crippen LogP contribution < -0.4 is 0 Å². The van der Waals surface area contributed by atoms with Gasteiger partial charge in [0.1, 0.15) is 0 Å². The summed E-state index contributed by atoms with van der Waals surface area (Å²) in [5.74, 6) is 0. The SMILES string of the molecule is CCCCc1ccc(-c2cccc3[cH-]c(C)cc23)cc1.[CH3-].[CH3-].[Zr+3]. The monoisotopic (exact) mass is 381 g/mol. The molecule has 0 fully saturated rings. The van der Waals surface area contributed by atoms with Crippen LogP contribution in [0.1, 0.15) is 30.9 Å². The Balaban J connectivity index is 0.00000161. The zero-order valence-electron chi connectivity index (χ0n) is 14.8. The third-order valence-electron chi connectivity index (χ3n) is 3.98. The van der Waals surface area contributed by atoms with Crippen LogP contribution in [0.25, 0.3) is 21.9 Å². The number of unbranched alkanes of at least 4 members (excludes halogenated alkanes) is 1. The first kappa shape index (κ1) is 21.9. The summed E-state index contributed by atoms with van der Waals surface area (Å²) in [4.78, 5) is 0. The van der Waals surface area contributed by atoms with E-state index in [1.165, 1.54) is 52.3 Å². The average molecular weight is 383 g/mol. The minimum Gasteiger partial charge on any atom is -0.358 e. The fourth-order valence-corrected chi connectivity index (χ4v) is 2.87. The first-order valence-electron chi connectivity index (χ1n) is 7.53. The van der Waals surface area contributed by atoms with Gasteiger partial charge in [-0.15, -0.1) is 34.5 Å². The van der Waals surface area contributed by atoms with Crippen molar-refractivity contribution >= 4 is 10.8 Å². The van der Waals surface area contributed by atoms with Crippen molar-refractivity contribution in [3.05, 3.63) is 80.6 Å². The Kier molecular flexibility index (Phi) is 9.47. The number of benzene rings is 2. The summed E-state index contributed by atoms with van der Waals surface area (Å²) >= 11 is 0. The average Bonchev–Trinajstić information content (AvgIpc) is 2.85. The van der Waals surface area contributed by atoms with Crippen molar-refractivity contribution in [1.29, 1.82) is 0 Å². The third kappa shape index (κ3) is 4.95. The van der Waals surface area contributed by atoms with Crippen LogP contribution in [0.2, 0.25) is 0 Å². The van der Waals surface area contributed by atoms with E-state index < -0.39 is 0 Å². The second kappa shape index (κ2) is 9.94. The Morgan fingerprint density at radius 3 is 2.30 bits per heavy atom. The van der Waals surface area contributed by atoms with Gasteiger partial charge in [-0.05, 0) is 24.0 Å². The van der Waals surface area contributed by atoms with Crippen molar-refractivity contribution in [2.75, 3.05) is 0 Å². The van der Waals surface area contributed by atoms with Crippen LogP contribution in [0, 0.1) is 21.8 Å². The largest absolute Gasteiger partial charge is 3.00 e. The van der Waals surface area contributed by atoms with Gasteiger partial charge >= 0.3 is 26.2 Å². The molecule has 0 bridgehead atoms. The van der Waals surface area contributed by atoms with E-state index in [-0.39, 0.29) is 41.1 Å². The molecule has 0 saturated carbocycles. The molecule has 0 saturated heterocycles. The number of fused-ring (bicyclic) bond motifs is 1. The third-order valence-corrected chi connectivity index (χ3v) is 3.98. The van der Waals surface area contributed by atoms with E-state index in [1.54, 1.807) is 0 Å². The minimum atomic E-state index is 0.